The fraction of sp³-hybridized carbons (Fsp3) is 0.0625. The lowest BCUT2D eigenvalue weighted by Gasteiger charge is -2.01. The number of nitrogens with zero attached hydrogens (tertiary/aromatic N) is 2. The van der Waals surface area contributed by atoms with Gasteiger partial charge in [-0.3, -0.25) is 0 Å². The zero-order valence-corrected chi connectivity index (χ0v) is 11.3. The number of aryl methyl sites for hydroxylation is 1. The van der Waals surface area contributed by atoms with E-state index in [4.69, 9.17) is 4.42 Å². The SMILES string of the molecule is Cc1ccc(N=Nc2c(O)c3ccccc3oc2=O)cc1. The number of hydrogen-bond acceptors (Lipinski definition) is 5. The van der Waals surface area contributed by atoms with Crippen LogP contribution in [0.2, 0.25) is 0 Å². The van der Waals surface area contributed by atoms with Crippen molar-refractivity contribution in [1.82, 2.24) is 0 Å². The van der Waals surface area contributed by atoms with Gasteiger partial charge in [0.1, 0.15) is 5.58 Å². The van der Waals surface area contributed by atoms with E-state index in [1.807, 2.05) is 19.1 Å². The molecule has 0 amide bonds. The standard InChI is InChI=1S/C16H12N2O3/c1-10-6-8-11(9-7-10)17-18-14-15(19)12-4-2-3-5-13(12)21-16(14)20/h2-9,19H,1H3. The summed E-state index contributed by atoms with van der Waals surface area (Å²) in [5.41, 5.74) is 1.08. The third-order valence-electron chi connectivity index (χ3n) is 3.06. The van der Waals surface area contributed by atoms with Gasteiger partial charge in [0.05, 0.1) is 11.1 Å². The summed E-state index contributed by atoms with van der Waals surface area (Å²) < 4.78 is 5.11. The van der Waals surface area contributed by atoms with Gasteiger partial charge in [0.15, 0.2) is 5.75 Å². The zero-order chi connectivity index (χ0) is 14.8. The van der Waals surface area contributed by atoms with Crippen molar-refractivity contribution < 1.29 is 9.52 Å². The minimum absolute atomic E-state index is 0.200. The van der Waals surface area contributed by atoms with Crippen LogP contribution in [0.5, 0.6) is 5.75 Å². The molecule has 0 spiro atoms. The first-order valence-electron chi connectivity index (χ1n) is 6.38. The monoisotopic (exact) mass is 280 g/mol. The Hall–Kier alpha value is -2.95. The van der Waals surface area contributed by atoms with Gasteiger partial charge in [-0.15, -0.1) is 5.11 Å². The third-order valence-corrected chi connectivity index (χ3v) is 3.06. The molecule has 0 saturated carbocycles. The molecule has 2 aromatic carbocycles. The number of azo groups is 1. The summed E-state index contributed by atoms with van der Waals surface area (Å²) in [6.45, 7) is 1.96. The average Bonchev–Trinajstić information content (AvgIpc) is 2.49. The second kappa shape index (κ2) is 5.20. The topological polar surface area (TPSA) is 75.2 Å². The molecule has 104 valence electrons. The van der Waals surface area contributed by atoms with Gasteiger partial charge in [0, 0.05) is 0 Å². The molecule has 0 atom stereocenters. The van der Waals surface area contributed by atoms with Crippen molar-refractivity contribution >= 4 is 22.3 Å². The number of para-hydroxylation sites is 1. The molecule has 0 aliphatic rings. The molecule has 3 aromatic rings. The molecule has 5 nitrogen and oxygen atoms in total. The second-order valence-corrected chi connectivity index (χ2v) is 4.62. The number of hydrogen-bond donors (Lipinski definition) is 1. The van der Waals surface area contributed by atoms with Crippen molar-refractivity contribution in [3.8, 4) is 5.75 Å². The lowest BCUT2D eigenvalue weighted by atomic mass is 10.2. The van der Waals surface area contributed by atoms with Gasteiger partial charge in [0.2, 0.25) is 5.69 Å². The van der Waals surface area contributed by atoms with E-state index in [2.05, 4.69) is 10.2 Å². The minimum atomic E-state index is -0.720. The summed E-state index contributed by atoms with van der Waals surface area (Å²) in [6.07, 6.45) is 0. The van der Waals surface area contributed by atoms with Crippen molar-refractivity contribution in [3.63, 3.8) is 0 Å². The Bertz CT molecular complexity index is 880. The Morgan fingerprint density at radius 3 is 2.48 bits per heavy atom. The lowest BCUT2D eigenvalue weighted by Crippen LogP contribution is -1.98. The van der Waals surface area contributed by atoms with Crippen LogP contribution in [-0.4, -0.2) is 5.11 Å². The maximum Gasteiger partial charge on any atom is 0.368 e. The predicted molar refractivity (Wildman–Crippen MR) is 79.5 cm³/mol. The molecular weight excluding hydrogens is 268 g/mol. The molecule has 0 aliphatic heterocycles. The molecule has 0 unspecified atom stereocenters. The molecule has 1 N–H and O–H groups in total. The van der Waals surface area contributed by atoms with Gasteiger partial charge in [-0.1, -0.05) is 29.8 Å². The van der Waals surface area contributed by atoms with Crippen LogP contribution in [0.3, 0.4) is 0 Å². The van der Waals surface area contributed by atoms with E-state index in [1.165, 1.54) is 0 Å². The number of fused-ring (bicyclic) bond motifs is 1. The van der Waals surface area contributed by atoms with E-state index in [-0.39, 0.29) is 11.4 Å². The van der Waals surface area contributed by atoms with Crippen LogP contribution in [0, 0.1) is 6.92 Å². The molecule has 0 saturated heterocycles. The summed E-state index contributed by atoms with van der Waals surface area (Å²) in [4.78, 5) is 11.8. The van der Waals surface area contributed by atoms with Crippen LogP contribution >= 0.6 is 0 Å². The molecule has 1 aromatic heterocycles. The lowest BCUT2D eigenvalue weighted by molar-refractivity contribution is 0.469. The summed E-state index contributed by atoms with van der Waals surface area (Å²) in [5, 5.41) is 18.3. The molecule has 3 rings (SSSR count). The largest absolute Gasteiger partial charge is 0.505 e. The highest BCUT2D eigenvalue weighted by Gasteiger charge is 2.12. The summed E-state index contributed by atoms with van der Waals surface area (Å²) in [7, 11) is 0. The van der Waals surface area contributed by atoms with E-state index in [0.29, 0.717) is 16.7 Å². The first-order chi connectivity index (χ1) is 10.1. The number of rotatable bonds is 2. The maximum atomic E-state index is 11.8. The predicted octanol–water partition coefficient (Wildman–Crippen LogP) is 4.22. The van der Waals surface area contributed by atoms with Crippen molar-refractivity contribution in [3.05, 3.63) is 64.5 Å². The van der Waals surface area contributed by atoms with E-state index >= 15 is 0 Å². The van der Waals surface area contributed by atoms with Gasteiger partial charge in [-0.25, -0.2) is 4.79 Å². The van der Waals surface area contributed by atoms with E-state index < -0.39 is 5.63 Å². The summed E-state index contributed by atoms with van der Waals surface area (Å²) in [6, 6.07) is 14.0. The smallest absolute Gasteiger partial charge is 0.368 e. The fourth-order valence-electron chi connectivity index (χ4n) is 1.93. The quantitative estimate of drug-likeness (QED) is 0.564. The van der Waals surface area contributed by atoms with Crippen molar-refractivity contribution in [1.29, 1.82) is 0 Å². The molecule has 0 radical (unpaired) electrons. The third kappa shape index (κ3) is 2.53. The van der Waals surface area contributed by atoms with Gasteiger partial charge >= 0.3 is 5.63 Å². The Morgan fingerprint density at radius 2 is 1.71 bits per heavy atom. The number of benzene rings is 2. The van der Waals surface area contributed by atoms with Crippen LogP contribution in [0.25, 0.3) is 11.0 Å². The second-order valence-electron chi connectivity index (χ2n) is 4.62. The van der Waals surface area contributed by atoms with E-state index in [1.54, 1.807) is 36.4 Å². The Morgan fingerprint density at radius 1 is 1.00 bits per heavy atom. The molecule has 0 aliphatic carbocycles. The van der Waals surface area contributed by atoms with Gasteiger partial charge < -0.3 is 9.52 Å². The van der Waals surface area contributed by atoms with Gasteiger partial charge in [-0.05, 0) is 31.2 Å². The molecule has 1 heterocycles. The van der Waals surface area contributed by atoms with Gasteiger partial charge in [-0.2, -0.15) is 5.11 Å². The molecule has 0 bridgehead atoms. The molecule has 0 fully saturated rings. The molecule has 5 heteroatoms. The van der Waals surface area contributed by atoms with Crippen LogP contribution in [0.4, 0.5) is 11.4 Å². The highest BCUT2D eigenvalue weighted by Crippen LogP contribution is 2.32. The molecular formula is C16H12N2O3. The first kappa shape index (κ1) is 13.1. The van der Waals surface area contributed by atoms with Crippen LogP contribution < -0.4 is 5.63 Å². The zero-order valence-electron chi connectivity index (χ0n) is 11.3. The minimum Gasteiger partial charge on any atom is -0.505 e. The van der Waals surface area contributed by atoms with Crippen molar-refractivity contribution in [2.75, 3.05) is 0 Å². The Kier molecular flexibility index (Phi) is 3.23. The number of aromatic hydroxyl groups is 1. The highest BCUT2D eigenvalue weighted by atomic mass is 16.4. The van der Waals surface area contributed by atoms with E-state index in [0.717, 1.165) is 5.56 Å². The van der Waals surface area contributed by atoms with Gasteiger partial charge in [0.25, 0.3) is 0 Å². The van der Waals surface area contributed by atoms with Crippen molar-refractivity contribution in [2.45, 2.75) is 6.92 Å². The Balaban J connectivity index is 2.08. The Labute approximate surface area is 120 Å². The van der Waals surface area contributed by atoms with Crippen LogP contribution in [0.1, 0.15) is 5.56 Å². The maximum absolute atomic E-state index is 11.8. The normalized spacial score (nSPS) is 11.3. The van der Waals surface area contributed by atoms with E-state index in [9.17, 15) is 9.90 Å². The average molecular weight is 280 g/mol. The van der Waals surface area contributed by atoms with Crippen LogP contribution in [-0.2, 0) is 0 Å². The molecule has 21 heavy (non-hydrogen) atoms. The van der Waals surface area contributed by atoms with Crippen LogP contribution in [0.15, 0.2) is 68.0 Å². The first-order valence-corrected chi connectivity index (χ1v) is 6.38. The summed E-state index contributed by atoms with van der Waals surface area (Å²) in [5.74, 6) is -0.224. The summed E-state index contributed by atoms with van der Waals surface area (Å²) >= 11 is 0. The van der Waals surface area contributed by atoms with Crippen molar-refractivity contribution in [2.24, 2.45) is 10.2 Å². The fourth-order valence-corrected chi connectivity index (χ4v) is 1.93. The highest BCUT2D eigenvalue weighted by molar-refractivity contribution is 5.87.